The van der Waals surface area contributed by atoms with E-state index in [-0.39, 0.29) is 23.4 Å². The van der Waals surface area contributed by atoms with Crippen LogP contribution in [-0.2, 0) is 4.79 Å². The van der Waals surface area contributed by atoms with Gasteiger partial charge in [0, 0.05) is 26.3 Å². The molecule has 0 spiro atoms. The summed E-state index contributed by atoms with van der Waals surface area (Å²) in [7, 11) is 1.83. The van der Waals surface area contributed by atoms with Crippen molar-refractivity contribution >= 4 is 17.7 Å². The fourth-order valence-electron chi connectivity index (χ4n) is 3.19. The van der Waals surface area contributed by atoms with Crippen LogP contribution in [0.1, 0.15) is 23.2 Å². The minimum Gasteiger partial charge on any atom is -0.478 e. The number of likely N-dealkylation sites (tertiary alicyclic amines) is 1. The third kappa shape index (κ3) is 2.01. The second-order valence-electron chi connectivity index (χ2n) is 5.44. The van der Waals surface area contributed by atoms with Crippen LogP contribution in [0, 0.1) is 5.92 Å². The van der Waals surface area contributed by atoms with Crippen LogP contribution < -0.4 is 4.90 Å². The molecule has 6 heteroatoms. The molecule has 0 saturated carbocycles. The maximum Gasteiger partial charge on any atom is 0.337 e. The smallest absolute Gasteiger partial charge is 0.337 e. The summed E-state index contributed by atoms with van der Waals surface area (Å²) < 4.78 is 0. The van der Waals surface area contributed by atoms with Gasteiger partial charge in [-0.05, 0) is 25.0 Å². The molecule has 0 aliphatic carbocycles. The number of rotatable bonds is 2. The number of carbonyl (C=O) groups excluding carboxylic acids is 1. The van der Waals surface area contributed by atoms with Crippen LogP contribution in [-0.4, -0.2) is 53.0 Å². The average molecular weight is 275 g/mol. The average Bonchev–Trinajstić information content (AvgIpc) is 2.74. The van der Waals surface area contributed by atoms with Crippen molar-refractivity contribution in [3.05, 3.63) is 23.9 Å². The highest BCUT2D eigenvalue weighted by Gasteiger charge is 2.44. The third-order valence-corrected chi connectivity index (χ3v) is 4.22. The van der Waals surface area contributed by atoms with Gasteiger partial charge in [-0.1, -0.05) is 0 Å². The molecule has 6 nitrogen and oxygen atoms in total. The Morgan fingerprint density at radius 2 is 2.25 bits per heavy atom. The monoisotopic (exact) mass is 275 g/mol. The highest BCUT2D eigenvalue weighted by atomic mass is 16.4. The lowest BCUT2D eigenvalue weighted by Crippen LogP contribution is -2.46. The molecule has 2 aliphatic heterocycles. The summed E-state index contributed by atoms with van der Waals surface area (Å²) in [6.07, 6.45) is 3.27. The number of piperidine rings is 1. The first-order valence-corrected chi connectivity index (χ1v) is 6.79. The SMILES string of the molecule is CN1C[C@@H]2[C@@H](CCCN2c2ccc(C(=O)O)cn2)C1=O. The lowest BCUT2D eigenvalue weighted by Gasteiger charge is -2.36. The number of likely N-dealkylation sites (N-methyl/N-ethyl adjacent to an activating group) is 1. The topological polar surface area (TPSA) is 73.7 Å². The molecular formula is C14H17N3O3. The van der Waals surface area contributed by atoms with E-state index >= 15 is 0 Å². The molecule has 0 aromatic carbocycles. The molecule has 0 bridgehead atoms. The maximum atomic E-state index is 12.1. The van der Waals surface area contributed by atoms with Crippen molar-refractivity contribution in [3.63, 3.8) is 0 Å². The molecule has 2 fully saturated rings. The summed E-state index contributed by atoms with van der Waals surface area (Å²) in [6.45, 7) is 1.58. The van der Waals surface area contributed by atoms with Gasteiger partial charge in [0.1, 0.15) is 5.82 Å². The Kier molecular flexibility index (Phi) is 3.08. The van der Waals surface area contributed by atoms with Crippen LogP contribution >= 0.6 is 0 Å². The van der Waals surface area contributed by atoms with E-state index in [1.807, 2.05) is 7.05 Å². The molecule has 20 heavy (non-hydrogen) atoms. The van der Waals surface area contributed by atoms with Crippen LogP contribution in [0.25, 0.3) is 0 Å². The predicted molar refractivity (Wildman–Crippen MR) is 72.7 cm³/mol. The Morgan fingerprint density at radius 3 is 2.90 bits per heavy atom. The number of carboxylic acid groups (broad SMARTS) is 1. The Labute approximate surface area is 117 Å². The van der Waals surface area contributed by atoms with Gasteiger partial charge in [-0.2, -0.15) is 0 Å². The summed E-state index contributed by atoms with van der Waals surface area (Å²) in [5.41, 5.74) is 0.182. The minimum absolute atomic E-state index is 0.0506. The van der Waals surface area contributed by atoms with Crippen molar-refractivity contribution in [1.82, 2.24) is 9.88 Å². The van der Waals surface area contributed by atoms with E-state index < -0.39 is 5.97 Å². The minimum atomic E-state index is -0.976. The number of nitrogens with zero attached hydrogens (tertiary/aromatic N) is 3. The van der Waals surface area contributed by atoms with Gasteiger partial charge < -0.3 is 14.9 Å². The van der Waals surface area contributed by atoms with Gasteiger partial charge in [-0.15, -0.1) is 0 Å². The molecule has 0 radical (unpaired) electrons. The van der Waals surface area contributed by atoms with E-state index in [0.29, 0.717) is 6.54 Å². The number of carbonyl (C=O) groups is 2. The van der Waals surface area contributed by atoms with Gasteiger partial charge in [0.05, 0.1) is 17.5 Å². The Balaban J connectivity index is 1.86. The Morgan fingerprint density at radius 1 is 1.45 bits per heavy atom. The second-order valence-corrected chi connectivity index (χ2v) is 5.44. The van der Waals surface area contributed by atoms with Gasteiger partial charge in [-0.3, -0.25) is 4.79 Å². The van der Waals surface area contributed by atoms with Gasteiger partial charge in [0.25, 0.3) is 0 Å². The molecule has 3 rings (SSSR count). The zero-order chi connectivity index (χ0) is 14.3. The van der Waals surface area contributed by atoms with Gasteiger partial charge in [-0.25, -0.2) is 9.78 Å². The maximum absolute atomic E-state index is 12.1. The Hall–Kier alpha value is -2.11. The van der Waals surface area contributed by atoms with Crippen molar-refractivity contribution in [2.45, 2.75) is 18.9 Å². The predicted octanol–water partition coefficient (Wildman–Crippen LogP) is 0.837. The van der Waals surface area contributed by atoms with Gasteiger partial charge in [0.2, 0.25) is 5.91 Å². The molecule has 2 saturated heterocycles. The van der Waals surface area contributed by atoms with E-state index in [1.54, 1.807) is 17.0 Å². The zero-order valence-electron chi connectivity index (χ0n) is 11.3. The number of anilines is 1. The summed E-state index contributed by atoms with van der Waals surface area (Å²) in [5, 5.41) is 8.90. The van der Waals surface area contributed by atoms with E-state index in [1.165, 1.54) is 6.20 Å². The van der Waals surface area contributed by atoms with E-state index in [2.05, 4.69) is 9.88 Å². The number of aromatic carboxylic acids is 1. The summed E-state index contributed by atoms with van der Waals surface area (Å²) >= 11 is 0. The highest BCUT2D eigenvalue weighted by molar-refractivity contribution is 5.87. The van der Waals surface area contributed by atoms with E-state index in [0.717, 1.165) is 25.2 Å². The standard InChI is InChI=1S/C14H17N3O3/c1-16-8-11-10(13(16)18)3-2-6-17(11)12-5-4-9(7-15-12)14(19)20/h4-5,7,10-11H,2-3,6,8H2,1H3,(H,19,20)/t10-,11-/m1/s1. The summed E-state index contributed by atoms with van der Waals surface area (Å²) in [5.74, 6) is 0.0423. The number of fused-ring (bicyclic) bond motifs is 1. The van der Waals surface area contributed by atoms with Gasteiger partial charge >= 0.3 is 5.97 Å². The molecule has 1 N–H and O–H groups in total. The van der Waals surface area contributed by atoms with Crippen molar-refractivity contribution in [2.75, 3.05) is 25.0 Å². The number of aromatic nitrogens is 1. The molecular weight excluding hydrogens is 258 g/mol. The molecule has 3 heterocycles. The molecule has 2 aliphatic rings. The molecule has 2 atom stereocenters. The summed E-state index contributed by atoms with van der Waals surface area (Å²) in [4.78, 5) is 31.1. The zero-order valence-corrected chi connectivity index (χ0v) is 11.3. The first-order valence-electron chi connectivity index (χ1n) is 6.79. The fourth-order valence-corrected chi connectivity index (χ4v) is 3.19. The first-order chi connectivity index (χ1) is 9.58. The van der Waals surface area contributed by atoms with Crippen molar-refractivity contribution < 1.29 is 14.7 Å². The van der Waals surface area contributed by atoms with Crippen LogP contribution in [0.5, 0.6) is 0 Å². The van der Waals surface area contributed by atoms with Crippen LogP contribution in [0.15, 0.2) is 18.3 Å². The number of hydrogen-bond acceptors (Lipinski definition) is 4. The second kappa shape index (κ2) is 4.77. The number of pyridine rings is 1. The number of carboxylic acids is 1. The normalized spacial score (nSPS) is 25.8. The highest BCUT2D eigenvalue weighted by Crippen LogP contribution is 2.33. The molecule has 0 unspecified atom stereocenters. The Bertz CT molecular complexity index is 543. The van der Waals surface area contributed by atoms with E-state index in [4.69, 9.17) is 5.11 Å². The summed E-state index contributed by atoms with van der Waals surface area (Å²) in [6, 6.07) is 3.45. The lowest BCUT2D eigenvalue weighted by molar-refractivity contribution is -0.130. The van der Waals surface area contributed by atoms with Crippen LogP contribution in [0.3, 0.4) is 0 Å². The van der Waals surface area contributed by atoms with Crippen molar-refractivity contribution in [3.8, 4) is 0 Å². The van der Waals surface area contributed by atoms with E-state index in [9.17, 15) is 9.59 Å². The number of amides is 1. The van der Waals surface area contributed by atoms with Gasteiger partial charge in [0.15, 0.2) is 0 Å². The third-order valence-electron chi connectivity index (χ3n) is 4.22. The van der Waals surface area contributed by atoms with Crippen molar-refractivity contribution in [1.29, 1.82) is 0 Å². The van der Waals surface area contributed by atoms with Crippen LogP contribution in [0.2, 0.25) is 0 Å². The quantitative estimate of drug-likeness (QED) is 0.865. The van der Waals surface area contributed by atoms with Crippen LogP contribution in [0.4, 0.5) is 5.82 Å². The largest absolute Gasteiger partial charge is 0.478 e. The molecule has 106 valence electrons. The first kappa shape index (κ1) is 12.9. The molecule has 1 aromatic heterocycles. The lowest BCUT2D eigenvalue weighted by atomic mass is 9.91. The number of hydrogen-bond donors (Lipinski definition) is 1. The van der Waals surface area contributed by atoms with Crippen molar-refractivity contribution in [2.24, 2.45) is 5.92 Å². The fraction of sp³-hybridized carbons (Fsp3) is 0.500. The molecule has 1 aromatic rings. The molecule has 1 amide bonds.